The third kappa shape index (κ3) is 2.44. The Labute approximate surface area is 104 Å². The zero-order valence-electron chi connectivity index (χ0n) is 9.37. The van der Waals surface area contributed by atoms with Gasteiger partial charge in [-0.3, -0.25) is 9.59 Å². The van der Waals surface area contributed by atoms with Gasteiger partial charge in [-0.05, 0) is 12.5 Å². The lowest BCUT2D eigenvalue weighted by Gasteiger charge is -2.22. The molecule has 1 aliphatic heterocycles. The van der Waals surface area contributed by atoms with Crippen LogP contribution in [0.2, 0.25) is 0 Å². The number of hydrogen-bond acceptors (Lipinski definition) is 3. The molecule has 0 aromatic heterocycles. The maximum atomic E-state index is 11.9. The number of carbonyl (C=O) groups excluding carboxylic acids is 1. The normalized spacial score (nSPS) is 24.1. The molecule has 0 bridgehead atoms. The van der Waals surface area contributed by atoms with Gasteiger partial charge in [0.25, 0.3) is 0 Å². The van der Waals surface area contributed by atoms with Crippen molar-refractivity contribution in [3.8, 4) is 0 Å². The van der Waals surface area contributed by atoms with Crippen molar-refractivity contribution < 1.29 is 14.7 Å². The number of rotatable bonds is 3. The number of hydrogen-bond donors (Lipinski definition) is 1. The van der Waals surface area contributed by atoms with Crippen molar-refractivity contribution in [1.82, 2.24) is 4.90 Å². The summed E-state index contributed by atoms with van der Waals surface area (Å²) in [5.74, 6) is -1.08. The van der Waals surface area contributed by atoms with Crippen LogP contribution in [0.5, 0.6) is 0 Å². The van der Waals surface area contributed by atoms with E-state index in [1.807, 2.05) is 37.3 Å². The van der Waals surface area contributed by atoms with Gasteiger partial charge in [0.15, 0.2) is 0 Å². The Morgan fingerprint density at radius 2 is 2.06 bits per heavy atom. The smallest absolute Gasteiger partial charge is 0.323 e. The molecule has 1 fully saturated rings. The number of carbonyl (C=O) groups is 2. The van der Waals surface area contributed by atoms with Crippen LogP contribution in [0.15, 0.2) is 30.3 Å². The summed E-state index contributed by atoms with van der Waals surface area (Å²) in [4.78, 5) is 24.1. The van der Waals surface area contributed by atoms with Gasteiger partial charge in [0, 0.05) is 0 Å². The van der Waals surface area contributed by atoms with Gasteiger partial charge < -0.3 is 10.0 Å². The van der Waals surface area contributed by atoms with Gasteiger partial charge in [-0.15, -0.1) is 11.8 Å². The van der Waals surface area contributed by atoms with E-state index in [9.17, 15) is 9.59 Å². The Kier molecular flexibility index (Phi) is 3.38. The highest BCUT2D eigenvalue weighted by atomic mass is 32.2. The van der Waals surface area contributed by atoms with E-state index in [0.717, 1.165) is 5.56 Å². The van der Waals surface area contributed by atoms with Crippen LogP contribution in [0.25, 0.3) is 0 Å². The van der Waals surface area contributed by atoms with Gasteiger partial charge >= 0.3 is 5.97 Å². The van der Waals surface area contributed by atoms with E-state index in [2.05, 4.69) is 0 Å². The molecular formula is C12H13NO3S. The van der Waals surface area contributed by atoms with E-state index in [0.29, 0.717) is 0 Å². The fourth-order valence-corrected chi connectivity index (χ4v) is 3.13. The molecule has 1 aromatic carbocycles. The molecule has 1 saturated heterocycles. The van der Waals surface area contributed by atoms with Crippen molar-refractivity contribution in [2.45, 2.75) is 17.5 Å². The second kappa shape index (κ2) is 4.79. The Balaban J connectivity index is 2.26. The minimum atomic E-state index is -0.978. The van der Waals surface area contributed by atoms with Crippen molar-refractivity contribution in [2.24, 2.45) is 0 Å². The average molecular weight is 251 g/mol. The van der Waals surface area contributed by atoms with Crippen LogP contribution in [0, 0.1) is 0 Å². The molecule has 0 radical (unpaired) electrons. The number of carboxylic acids is 1. The molecule has 1 aliphatic rings. The molecule has 0 aliphatic carbocycles. The van der Waals surface area contributed by atoms with E-state index in [4.69, 9.17) is 5.11 Å². The molecular weight excluding hydrogens is 238 g/mol. The fourth-order valence-electron chi connectivity index (χ4n) is 1.86. The zero-order valence-corrected chi connectivity index (χ0v) is 10.2. The number of aliphatic carboxylic acids is 1. The van der Waals surface area contributed by atoms with Gasteiger partial charge in [-0.1, -0.05) is 30.3 Å². The summed E-state index contributed by atoms with van der Waals surface area (Å²) in [6.45, 7) is 1.57. The highest BCUT2D eigenvalue weighted by Gasteiger charge is 2.39. The van der Waals surface area contributed by atoms with Crippen LogP contribution < -0.4 is 0 Å². The summed E-state index contributed by atoms with van der Waals surface area (Å²) in [5, 5.41) is 8.47. The maximum Gasteiger partial charge on any atom is 0.323 e. The Bertz CT molecular complexity index is 435. The first kappa shape index (κ1) is 12.0. The highest BCUT2D eigenvalue weighted by molar-refractivity contribution is 8.01. The summed E-state index contributed by atoms with van der Waals surface area (Å²) < 4.78 is 0. The molecule has 1 heterocycles. The lowest BCUT2D eigenvalue weighted by Crippen LogP contribution is -2.34. The minimum Gasteiger partial charge on any atom is -0.480 e. The SMILES string of the molecule is CC1SC(c2ccccc2)N(CC(=O)O)C1=O. The molecule has 17 heavy (non-hydrogen) atoms. The van der Waals surface area contributed by atoms with Gasteiger partial charge in [0.1, 0.15) is 11.9 Å². The van der Waals surface area contributed by atoms with Crippen molar-refractivity contribution in [1.29, 1.82) is 0 Å². The van der Waals surface area contributed by atoms with E-state index in [-0.39, 0.29) is 23.1 Å². The van der Waals surface area contributed by atoms with E-state index in [1.54, 1.807) is 0 Å². The Morgan fingerprint density at radius 3 is 2.65 bits per heavy atom. The molecule has 1 aromatic rings. The van der Waals surface area contributed by atoms with E-state index >= 15 is 0 Å². The number of carboxylic acid groups (broad SMARTS) is 1. The van der Waals surface area contributed by atoms with Crippen molar-refractivity contribution in [2.75, 3.05) is 6.54 Å². The molecule has 2 unspecified atom stereocenters. The monoisotopic (exact) mass is 251 g/mol. The first-order chi connectivity index (χ1) is 8.09. The molecule has 0 spiro atoms. The summed E-state index contributed by atoms with van der Waals surface area (Å²) >= 11 is 1.49. The molecule has 5 heteroatoms. The van der Waals surface area contributed by atoms with Gasteiger partial charge in [-0.2, -0.15) is 0 Å². The molecule has 90 valence electrons. The number of amides is 1. The van der Waals surface area contributed by atoms with Crippen molar-refractivity contribution >= 4 is 23.6 Å². The van der Waals surface area contributed by atoms with Crippen LogP contribution in [0.4, 0.5) is 0 Å². The molecule has 4 nitrogen and oxygen atoms in total. The van der Waals surface area contributed by atoms with Gasteiger partial charge in [0.05, 0.1) is 5.25 Å². The van der Waals surface area contributed by atoms with Crippen LogP contribution >= 0.6 is 11.8 Å². The number of thioether (sulfide) groups is 1. The van der Waals surface area contributed by atoms with Crippen LogP contribution in [-0.2, 0) is 9.59 Å². The predicted octanol–water partition coefficient (Wildman–Crippen LogP) is 1.73. The molecule has 2 rings (SSSR count). The molecule has 2 atom stereocenters. The topological polar surface area (TPSA) is 57.6 Å². The maximum absolute atomic E-state index is 11.9. The van der Waals surface area contributed by atoms with Gasteiger partial charge in [0.2, 0.25) is 5.91 Å². The first-order valence-corrected chi connectivity index (χ1v) is 6.26. The van der Waals surface area contributed by atoms with E-state index in [1.165, 1.54) is 16.7 Å². The highest BCUT2D eigenvalue weighted by Crippen LogP contribution is 2.42. The molecule has 0 saturated carbocycles. The van der Waals surface area contributed by atoms with Crippen LogP contribution in [0.1, 0.15) is 17.9 Å². The van der Waals surface area contributed by atoms with Gasteiger partial charge in [-0.25, -0.2) is 0 Å². The van der Waals surface area contributed by atoms with E-state index < -0.39 is 5.97 Å². The minimum absolute atomic E-state index is 0.105. The summed E-state index contributed by atoms with van der Waals surface area (Å²) in [6, 6.07) is 9.51. The Hall–Kier alpha value is -1.49. The molecule has 1 N–H and O–H groups in total. The van der Waals surface area contributed by atoms with Crippen molar-refractivity contribution in [3.63, 3.8) is 0 Å². The number of benzene rings is 1. The Morgan fingerprint density at radius 1 is 1.41 bits per heavy atom. The second-order valence-corrected chi connectivity index (χ2v) is 5.33. The third-order valence-electron chi connectivity index (χ3n) is 2.64. The number of nitrogens with zero attached hydrogens (tertiary/aromatic N) is 1. The van der Waals surface area contributed by atoms with Crippen molar-refractivity contribution in [3.05, 3.63) is 35.9 Å². The standard InChI is InChI=1S/C12H13NO3S/c1-8-11(16)13(7-10(14)15)12(17-8)9-5-3-2-4-6-9/h2-6,8,12H,7H2,1H3,(H,14,15). The lowest BCUT2D eigenvalue weighted by molar-refractivity contribution is -0.144. The zero-order chi connectivity index (χ0) is 12.4. The fraction of sp³-hybridized carbons (Fsp3) is 0.333. The summed E-state index contributed by atoms with van der Waals surface area (Å²) in [5.41, 5.74) is 0.969. The lowest BCUT2D eigenvalue weighted by atomic mass is 10.2. The van der Waals surface area contributed by atoms with Crippen LogP contribution in [-0.4, -0.2) is 33.7 Å². The summed E-state index contributed by atoms with van der Waals surface area (Å²) in [6.07, 6.45) is 0. The second-order valence-electron chi connectivity index (χ2n) is 3.90. The third-order valence-corrected chi connectivity index (χ3v) is 4.03. The largest absolute Gasteiger partial charge is 0.480 e. The quantitative estimate of drug-likeness (QED) is 0.889. The average Bonchev–Trinajstić information content (AvgIpc) is 2.58. The first-order valence-electron chi connectivity index (χ1n) is 5.32. The summed E-state index contributed by atoms with van der Waals surface area (Å²) in [7, 11) is 0. The van der Waals surface area contributed by atoms with Crippen LogP contribution in [0.3, 0.4) is 0 Å². The predicted molar refractivity (Wildman–Crippen MR) is 65.6 cm³/mol. The molecule has 1 amide bonds.